The molecule has 0 aromatic carbocycles. The monoisotopic (exact) mass is 390 g/mol. The van der Waals surface area contributed by atoms with Gasteiger partial charge in [0.25, 0.3) is 0 Å². The first-order chi connectivity index (χ1) is 10.5. The van der Waals surface area contributed by atoms with E-state index in [9.17, 15) is 19.1 Å². The van der Waals surface area contributed by atoms with Crippen LogP contribution in [0.3, 0.4) is 0 Å². The molecule has 0 fully saturated rings. The summed E-state index contributed by atoms with van der Waals surface area (Å²) in [5.74, 6) is -0.188. The maximum atomic E-state index is 11.5. The maximum Gasteiger partial charge on any atom is 1.00 e. The average molecular weight is 390 g/mol. The summed E-state index contributed by atoms with van der Waals surface area (Å²) in [7, 11) is -4.81. The molecule has 0 spiro atoms. The zero-order valence-corrected chi connectivity index (χ0v) is 20.6. The largest absolute Gasteiger partial charge is 1.00 e. The number of guanidine groups is 1. The predicted octanol–water partition coefficient (Wildman–Crippen LogP) is -6.61. The fourth-order valence-electron chi connectivity index (χ4n) is 2.98. The molecule has 3 atom stereocenters. The molecule has 0 radical (unpaired) electrons. The van der Waals surface area contributed by atoms with Gasteiger partial charge in [-0.2, -0.15) is 0 Å². The van der Waals surface area contributed by atoms with E-state index in [1.807, 2.05) is 13.8 Å². The number of hydrogen-bond acceptors (Lipinski definition) is 5. The molecule has 1 aliphatic carbocycles. The van der Waals surface area contributed by atoms with Crippen LogP contribution in [0.15, 0.2) is 16.4 Å². The van der Waals surface area contributed by atoms with Gasteiger partial charge in [0.1, 0.15) is 0 Å². The van der Waals surface area contributed by atoms with Crippen molar-refractivity contribution in [1.29, 1.82) is 0 Å². The number of amides is 1. The molecule has 0 unspecified atom stereocenters. The minimum absolute atomic E-state index is 0. The van der Waals surface area contributed by atoms with Gasteiger partial charge >= 0.3 is 59.1 Å². The van der Waals surface area contributed by atoms with Crippen LogP contribution in [0.1, 0.15) is 40.0 Å². The van der Waals surface area contributed by atoms with Crippen molar-refractivity contribution < 1.29 is 78.3 Å². The molecule has 132 valence electrons. The Morgan fingerprint density at radius 1 is 1.40 bits per heavy atom. The standard InChI is InChI=1S/C14H27N4O4P.2Na/c1-8(2)6-12(17-9(3)19)11-5-4-10(23(20,21)22)7-13(11)18-14(15)16;;/h4,8,11-13H,5-7H2,1-3H3,(H,17,19)(H4,15,16,18)(H2,20,21,22);;/q;2*+1/p-2/t11-,12-,13+;;/m0../s1. The summed E-state index contributed by atoms with van der Waals surface area (Å²) < 4.78 is 11.3. The molecule has 1 aliphatic rings. The number of rotatable bonds is 6. The van der Waals surface area contributed by atoms with Crippen molar-refractivity contribution >= 4 is 19.5 Å². The summed E-state index contributed by atoms with van der Waals surface area (Å²) in [6, 6.07) is -0.747. The number of aliphatic imine (C=N–C) groups is 1. The number of nitrogens with zero attached hydrogens (tertiary/aromatic N) is 1. The van der Waals surface area contributed by atoms with Crippen LogP contribution in [0.4, 0.5) is 0 Å². The predicted molar refractivity (Wildman–Crippen MR) is 85.1 cm³/mol. The number of allylic oxidation sites excluding steroid dienone is 1. The molecule has 25 heavy (non-hydrogen) atoms. The first-order valence-electron chi connectivity index (χ1n) is 7.58. The van der Waals surface area contributed by atoms with E-state index in [2.05, 4.69) is 10.3 Å². The molecule has 0 heterocycles. The van der Waals surface area contributed by atoms with Crippen molar-refractivity contribution in [3.05, 3.63) is 11.4 Å². The maximum absolute atomic E-state index is 11.5. The Hall–Kier alpha value is 0.630. The SMILES string of the molecule is CC(=O)N[C@@H](CC(C)C)[C@@H]1CC=C(P(=O)([O-])[O-])C[C@H]1N=C(N)N.[Na+].[Na+]. The Labute approximate surface area is 193 Å². The summed E-state index contributed by atoms with van der Waals surface area (Å²) in [4.78, 5) is 38.1. The number of carbonyl (C=O) groups excluding carboxylic acids is 1. The second kappa shape index (κ2) is 12.2. The average Bonchev–Trinajstić information content (AvgIpc) is 2.34. The second-order valence-corrected chi connectivity index (χ2v) is 7.92. The molecule has 1 amide bonds. The summed E-state index contributed by atoms with van der Waals surface area (Å²) in [5, 5.41) is 2.72. The topological polar surface area (TPSA) is 157 Å². The second-order valence-electron chi connectivity index (χ2n) is 6.35. The molecule has 0 saturated heterocycles. The molecular weight excluding hydrogens is 365 g/mol. The Morgan fingerprint density at radius 3 is 2.36 bits per heavy atom. The summed E-state index contributed by atoms with van der Waals surface area (Å²) >= 11 is 0. The van der Waals surface area contributed by atoms with Crippen LogP contribution >= 0.6 is 7.60 Å². The molecule has 0 saturated carbocycles. The van der Waals surface area contributed by atoms with E-state index in [0.29, 0.717) is 18.8 Å². The molecular formula is C14H25N4Na2O4P. The van der Waals surface area contributed by atoms with Gasteiger partial charge < -0.3 is 31.1 Å². The zero-order chi connectivity index (χ0) is 17.8. The number of nitrogens with one attached hydrogen (secondary N) is 1. The molecule has 0 aromatic rings. The van der Waals surface area contributed by atoms with Gasteiger partial charge in [-0.25, -0.2) is 4.99 Å². The van der Waals surface area contributed by atoms with Gasteiger partial charge in [0.2, 0.25) is 5.91 Å². The van der Waals surface area contributed by atoms with Gasteiger partial charge in [-0.05, 0) is 38.1 Å². The van der Waals surface area contributed by atoms with Crippen LogP contribution in [0.5, 0.6) is 0 Å². The van der Waals surface area contributed by atoms with Gasteiger partial charge in [-0.3, -0.25) is 4.79 Å². The fourth-order valence-corrected chi connectivity index (χ4v) is 3.72. The third kappa shape index (κ3) is 9.94. The first kappa shape index (κ1) is 27.8. The number of carbonyl (C=O) groups is 1. The third-order valence-corrected chi connectivity index (χ3v) is 4.90. The minimum atomic E-state index is -4.81. The van der Waals surface area contributed by atoms with E-state index in [1.165, 1.54) is 13.0 Å². The molecule has 1 rings (SSSR count). The Morgan fingerprint density at radius 2 is 1.96 bits per heavy atom. The smallest absolute Gasteiger partial charge is 0.808 e. The van der Waals surface area contributed by atoms with Gasteiger partial charge in [-0.1, -0.05) is 19.9 Å². The van der Waals surface area contributed by atoms with Gasteiger partial charge in [0, 0.05) is 18.9 Å². The molecule has 5 N–H and O–H groups in total. The normalized spacial score (nSPS) is 21.3. The zero-order valence-electron chi connectivity index (χ0n) is 15.7. The van der Waals surface area contributed by atoms with Crippen molar-refractivity contribution in [3.63, 3.8) is 0 Å². The summed E-state index contributed by atoms with van der Waals surface area (Å²) in [6.45, 7) is 5.48. The number of hydrogen-bond donors (Lipinski definition) is 3. The summed E-state index contributed by atoms with van der Waals surface area (Å²) in [6.07, 6.45) is 2.42. The van der Waals surface area contributed by atoms with Crippen molar-refractivity contribution in [2.75, 3.05) is 0 Å². The van der Waals surface area contributed by atoms with Gasteiger partial charge in [0.15, 0.2) is 5.96 Å². The molecule has 0 aliphatic heterocycles. The van der Waals surface area contributed by atoms with Crippen molar-refractivity contribution in [3.8, 4) is 0 Å². The van der Waals surface area contributed by atoms with Crippen LogP contribution in [0.2, 0.25) is 0 Å². The van der Waals surface area contributed by atoms with Crippen molar-refractivity contribution in [2.45, 2.75) is 52.1 Å². The molecule has 0 aromatic heterocycles. The fraction of sp³-hybridized carbons (Fsp3) is 0.714. The Kier molecular flexibility index (Phi) is 13.5. The van der Waals surface area contributed by atoms with Crippen LogP contribution in [0, 0.1) is 11.8 Å². The van der Waals surface area contributed by atoms with E-state index in [0.717, 1.165) is 0 Å². The minimum Gasteiger partial charge on any atom is -0.808 e. The van der Waals surface area contributed by atoms with Gasteiger partial charge in [-0.15, -0.1) is 0 Å². The Bertz CT molecular complexity index is 547. The first-order valence-corrected chi connectivity index (χ1v) is 9.12. The van der Waals surface area contributed by atoms with E-state index < -0.39 is 13.6 Å². The quantitative estimate of drug-likeness (QED) is 0.177. The van der Waals surface area contributed by atoms with E-state index in [-0.39, 0.29) is 94.7 Å². The third-order valence-electron chi connectivity index (χ3n) is 3.84. The van der Waals surface area contributed by atoms with Crippen molar-refractivity contribution in [1.82, 2.24) is 5.32 Å². The van der Waals surface area contributed by atoms with Crippen LogP contribution in [-0.2, 0) is 9.36 Å². The van der Waals surface area contributed by atoms with E-state index in [4.69, 9.17) is 11.5 Å². The number of nitrogens with two attached hydrogens (primary N) is 2. The van der Waals surface area contributed by atoms with Crippen LogP contribution in [-0.4, -0.2) is 24.0 Å². The van der Waals surface area contributed by atoms with E-state index >= 15 is 0 Å². The van der Waals surface area contributed by atoms with Crippen molar-refractivity contribution in [2.24, 2.45) is 28.3 Å². The molecule has 8 nitrogen and oxygen atoms in total. The van der Waals surface area contributed by atoms with Gasteiger partial charge in [0.05, 0.1) is 6.04 Å². The molecule has 11 heteroatoms. The molecule has 0 bridgehead atoms. The van der Waals surface area contributed by atoms with Crippen LogP contribution in [0.25, 0.3) is 0 Å². The Balaban J connectivity index is 0. The summed E-state index contributed by atoms with van der Waals surface area (Å²) in [5.41, 5.74) is 10.9. The van der Waals surface area contributed by atoms with E-state index in [1.54, 1.807) is 0 Å². The van der Waals surface area contributed by atoms with Crippen LogP contribution < -0.4 is 85.7 Å².